The van der Waals surface area contributed by atoms with Crippen LogP contribution in [0.5, 0.6) is 0 Å². The Morgan fingerprint density at radius 3 is 1.39 bits per heavy atom. The second-order valence-corrected chi connectivity index (χ2v) is 22.7. The van der Waals surface area contributed by atoms with Crippen LogP contribution in [0.4, 0.5) is 0 Å². The van der Waals surface area contributed by atoms with E-state index in [0.717, 1.165) is 24.0 Å². The van der Waals surface area contributed by atoms with Crippen LogP contribution < -0.4 is 26.6 Å². The predicted octanol–water partition coefficient (Wildman–Crippen LogP) is 4.64. The SMILES string of the molecule is CN[C@@H](C)C(=O)C[C@H](C(=O)N1CCC[C@H]1CN(CCc1ccccc1)C(=O)CNC(=O)c1ccc(C(=O)NCC(=O)N(CCc2ccccc2)C[C@@H]2CCCN2C(=O)[C@@H](NC(=O)[C@H](C)NC)C(C)(C)C)cc1)C(C)(C)C. The molecule has 414 valence electrons. The van der Waals surface area contributed by atoms with Crippen molar-refractivity contribution in [3.63, 3.8) is 0 Å². The van der Waals surface area contributed by atoms with Gasteiger partial charge in [-0.3, -0.25) is 38.4 Å². The number of likely N-dealkylation sites (tertiary alicyclic amines) is 2. The Balaban J connectivity index is 1.21. The molecule has 0 saturated carbocycles. The van der Waals surface area contributed by atoms with E-state index >= 15 is 0 Å². The average Bonchev–Trinajstić information content (AvgIpc) is 4.09. The molecule has 2 heterocycles. The fraction of sp³-hybridized carbons (Fsp3) is 0.559. The molecule has 5 rings (SSSR count). The maximum absolute atomic E-state index is 14.3. The van der Waals surface area contributed by atoms with Crippen molar-refractivity contribution in [2.24, 2.45) is 16.7 Å². The van der Waals surface area contributed by atoms with Crippen molar-refractivity contribution in [2.75, 3.05) is 66.5 Å². The monoisotopic (exact) mass is 1050 g/mol. The van der Waals surface area contributed by atoms with Crippen molar-refractivity contribution < 1.29 is 38.4 Å². The maximum Gasteiger partial charge on any atom is 0.251 e. The zero-order valence-electron chi connectivity index (χ0n) is 46.7. The minimum Gasteiger partial charge on any atom is -0.343 e. The summed E-state index contributed by atoms with van der Waals surface area (Å²) in [5.41, 5.74) is 1.48. The lowest BCUT2D eigenvalue weighted by Gasteiger charge is -2.37. The van der Waals surface area contributed by atoms with Gasteiger partial charge in [-0.1, -0.05) is 102 Å². The van der Waals surface area contributed by atoms with Crippen molar-refractivity contribution >= 4 is 47.1 Å². The fourth-order valence-electron chi connectivity index (χ4n) is 9.82. The lowest BCUT2D eigenvalue weighted by Crippen LogP contribution is -2.59. The number of rotatable bonds is 25. The van der Waals surface area contributed by atoms with Crippen LogP contribution in [-0.4, -0.2) is 163 Å². The van der Waals surface area contributed by atoms with Crippen molar-refractivity contribution in [1.29, 1.82) is 0 Å². The number of Topliss-reactive ketones (excluding diaryl/α,β-unsaturated/α-hetero) is 1. The highest BCUT2D eigenvalue weighted by atomic mass is 16.2. The van der Waals surface area contributed by atoms with E-state index in [4.69, 9.17) is 0 Å². The first-order valence-corrected chi connectivity index (χ1v) is 27.1. The van der Waals surface area contributed by atoms with Crippen molar-refractivity contribution in [3.8, 4) is 0 Å². The lowest BCUT2D eigenvalue weighted by atomic mass is 9.76. The van der Waals surface area contributed by atoms with Gasteiger partial charge in [0.1, 0.15) is 11.8 Å². The van der Waals surface area contributed by atoms with Gasteiger partial charge in [-0.25, -0.2) is 0 Å². The normalized spacial score (nSPS) is 17.2. The topological polar surface area (TPSA) is 210 Å². The van der Waals surface area contributed by atoms with E-state index in [1.54, 1.807) is 42.6 Å². The van der Waals surface area contributed by atoms with E-state index in [0.29, 0.717) is 51.9 Å². The number of hydrogen-bond donors (Lipinski definition) is 5. The Morgan fingerprint density at radius 1 is 0.579 bits per heavy atom. The summed E-state index contributed by atoms with van der Waals surface area (Å²) in [6.07, 6.45) is 4.13. The third kappa shape index (κ3) is 17.3. The number of hydrogen-bond acceptors (Lipinski definition) is 10. The van der Waals surface area contributed by atoms with Gasteiger partial charge in [0.2, 0.25) is 29.5 Å². The van der Waals surface area contributed by atoms with Crippen LogP contribution >= 0.6 is 0 Å². The summed E-state index contributed by atoms with van der Waals surface area (Å²) in [5.74, 6) is -2.79. The summed E-state index contributed by atoms with van der Waals surface area (Å²) in [4.78, 5) is 117. The Bertz CT molecular complexity index is 2270. The van der Waals surface area contributed by atoms with Crippen LogP contribution in [0.15, 0.2) is 84.9 Å². The van der Waals surface area contributed by atoms with Crippen LogP contribution in [0, 0.1) is 16.7 Å². The molecule has 3 aromatic carbocycles. The molecule has 7 amide bonds. The molecular formula is C59H85N9O8. The summed E-state index contributed by atoms with van der Waals surface area (Å²) >= 11 is 0. The molecule has 0 spiro atoms. The van der Waals surface area contributed by atoms with E-state index in [1.807, 2.05) is 107 Å². The molecule has 5 N–H and O–H groups in total. The zero-order chi connectivity index (χ0) is 55.7. The third-order valence-electron chi connectivity index (χ3n) is 15.0. The Morgan fingerprint density at radius 2 is 1.00 bits per heavy atom. The molecule has 0 aromatic heterocycles. The lowest BCUT2D eigenvalue weighted by molar-refractivity contribution is -0.144. The maximum atomic E-state index is 14.3. The molecule has 0 bridgehead atoms. The fourth-order valence-corrected chi connectivity index (χ4v) is 9.82. The highest BCUT2D eigenvalue weighted by molar-refractivity contribution is 6.00. The number of benzene rings is 3. The standard InChI is InChI=1S/C59H85N9O8/c1-40(60-9)49(69)35-48(58(3,4)5)56(75)67-31-17-23-46(67)38-65(33-29-42-19-13-11-14-20-42)50(70)36-62-54(73)44-25-27-45(28-26-44)55(74)63-37-51(71)66(34-30-43-21-15-12-16-22-43)39-47-24-18-32-68(47)57(76)52(59(6,7)8)64-53(72)41(2)61-10/h11-16,19-22,25-28,40-41,46-48,52,60-61H,17-18,23-24,29-39H2,1-10H3,(H,62,73)(H,63,74)(H,64,72)/t40-,41-,46-,47-,48+,52+/m0/s1. The van der Waals surface area contributed by atoms with Gasteiger partial charge in [-0.2, -0.15) is 0 Å². The van der Waals surface area contributed by atoms with Crippen LogP contribution in [0.1, 0.15) is 119 Å². The molecule has 2 aliphatic heterocycles. The van der Waals surface area contributed by atoms with Gasteiger partial charge in [0.05, 0.1) is 25.2 Å². The molecule has 2 aliphatic rings. The molecule has 6 atom stereocenters. The second kappa shape index (κ2) is 28.1. The Hall–Kier alpha value is -6.46. The number of ketones is 1. The van der Waals surface area contributed by atoms with Gasteiger partial charge in [-0.15, -0.1) is 0 Å². The number of amides is 7. The molecule has 76 heavy (non-hydrogen) atoms. The summed E-state index contributed by atoms with van der Waals surface area (Å²) in [5, 5.41) is 14.4. The third-order valence-corrected chi connectivity index (χ3v) is 15.0. The molecule has 2 fully saturated rings. The smallest absolute Gasteiger partial charge is 0.251 e. The first-order valence-electron chi connectivity index (χ1n) is 27.1. The second-order valence-electron chi connectivity index (χ2n) is 22.7. The molecule has 0 radical (unpaired) electrons. The largest absolute Gasteiger partial charge is 0.343 e. The number of nitrogens with zero attached hydrogens (tertiary/aromatic N) is 4. The van der Waals surface area contributed by atoms with E-state index in [1.165, 1.54) is 24.3 Å². The number of nitrogens with one attached hydrogen (secondary N) is 5. The molecule has 0 unspecified atom stereocenters. The number of likely N-dealkylation sites (N-methyl/N-ethyl adjacent to an activating group) is 2. The highest BCUT2D eigenvalue weighted by Gasteiger charge is 2.42. The molecule has 0 aliphatic carbocycles. The van der Waals surface area contributed by atoms with Crippen LogP contribution in [0.2, 0.25) is 0 Å². The molecule has 17 heteroatoms. The highest BCUT2D eigenvalue weighted by Crippen LogP contribution is 2.34. The Kier molecular flexibility index (Phi) is 22.3. The van der Waals surface area contributed by atoms with E-state index in [-0.39, 0.29) is 97.2 Å². The van der Waals surface area contributed by atoms with Gasteiger partial charge in [0.25, 0.3) is 11.8 Å². The van der Waals surface area contributed by atoms with Crippen LogP contribution in [0.3, 0.4) is 0 Å². The summed E-state index contributed by atoms with van der Waals surface area (Å²) in [6.45, 7) is 16.9. The van der Waals surface area contributed by atoms with Crippen LogP contribution in [0.25, 0.3) is 0 Å². The van der Waals surface area contributed by atoms with E-state index < -0.39 is 40.6 Å². The first kappa shape index (κ1) is 60.4. The van der Waals surface area contributed by atoms with Gasteiger partial charge in [0.15, 0.2) is 0 Å². The van der Waals surface area contributed by atoms with E-state index in [9.17, 15) is 38.4 Å². The summed E-state index contributed by atoms with van der Waals surface area (Å²) in [6, 6.07) is 23.3. The summed E-state index contributed by atoms with van der Waals surface area (Å²) in [7, 11) is 3.41. The first-order chi connectivity index (χ1) is 36.0. The van der Waals surface area contributed by atoms with E-state index in [2.05, 4.69) is 26.6 Å². The molecule has 2 saturated heterocycles. The van der Waals surface area contributed by atoms with Crippen molar-refractivity contribution in [3.05, 3.63) is 107 Å². The predicted molar refractivity (Wildman–Crippen MR) is 295 cm³/mol. The van der Waals surface area contributed by atoms with Gasteiger partial charge >= 0.3 is 0 Å². The quantitative estimate of drug-likeness (QED) is 0.0795. The zero-order valence-corrected chi connectivity index (χ0v) is 46.7. The van der Waals surface area contributed by atoms with Crippen LogP contribution in [-0.2, 0) is 41.6 Å². The minimum absolute atomic E-state index is 0.0287. The van der Waals surface area contributed by atoms with Gasteiger partial charge in [0, 0.05) is 74.8 Å². The average molecular weight is 1050 g/mol. The van der Waals surface area contributed by atoms with Gasteiger partial charge in [-0.05, 0) is 113 Å². The number of carbonyl (C=O) groups is 8. The summed E-state index contributed by atoms with van der Waals surface area (Å²) < 4.78 is 0. The molecule has 17 nitrogen and oxygen atoms in total. The minimum atomic E-state index is -0.784. The Labute approximate surface area is 451 Å². The van der Waals surface area contributed by atoms with Crippen molar-refractivity contribution in [2.45, 2.75) is 131 Å². The molecule has 3 aromatic rings. The van der Waals surface area contributed by atoms with Gasteiger partial charge < -0.3 is 46.2 Å². The number of carbonyl (C=O) groups excluding carboxylic acids is 8. The van der Waals surface area contributed by atoms with Crippen molar-refractivity contribution in [1.82, 2.24) is 46.2 Å². The molecular weight excluding hydrogens is 963 g/mol.